The molecule has 0 amide bonds. The lowest BCUT2D eigenvalue weighted by atomic mass is 10.2. The fourth-order valence-corrected chi connectivity index (χ4v) is 2.79. The molecule has 26 heavy (non-hydrogen) atoms. The number of anilines is 1. The smallest absolute Gasteiger partial charge is 0.416 e. The summed E-state index contributed by atoms with van der Waals surface area (Å²) in [4.78, 5) is 16.0. The normalized spacial score (nSPS) is 12.9. The van der Waals surface area contributed by atoms with Crippen LogP contribution in [-0.2, 0) is 6.18 Å². The van der Waals surface area contributed by atoms with Crippen molar-refractivity contribution in [3.63, 3.8) is 0 Å². The molecular weight excluding hydrogens is 373 g/mol. The minimum Gasteiger partial charge on any atom is -0.491 e. The van der Waals surface area contributed by atoms with E-state index >= 15 is 0 Å². The highest BCUT2D eigenvalue weighted by Crippen LogP contribution is 2.30. The Morgan fingerprint density at radius 1 is 1.27 bits per heavy atom. The first-order valence-electron chi connectivity index (χ1n) is 7.40. The lowest BCUT2D eigenvalue weighted by Crippen LogP contribution is -2.26. The Bertz CT molecular complexity index is 940. The molecule has 138 valence electrons. The van der Waals surface area contributed by atoms with Gasteiger partial charge in [-0.2, -0.15) is 17.7 Å². The molecule has 0 fully saturated rings. The summed E-state index contributed by atoms with van der Waals surface area (Å²) < 4.78 is 43.8. The largest absolute Gasteiger partial charge is 0.491 e. The topological polar surface area (TPSA) is 88.8 Å². The number of nitrogens with one attached hydrogen (secondary N) is 1. The molecule has 11 heteroatoms. The van der Waals surface area contributed by atoms with Crippen LogP contribution in [0.4, 0.5) is 18.3 Å². The summed E-state index contributed by atoms with van der Waals surface area (Å²) in [6.45, 7) is -0.0450. The fraction of sp³-hybridized carbons (Fsp3) is 0.267. The van der Waals surface area contributed by atoms with Gasteiger partial charge in [-0.1, -0.05) is 11.3 Å². The van der Waals surface area contributed by atoms with Crippen LogP contribution in [0.2, 0.25) is 0 Å². The molecule has 0 aliphatic carbocycles. The van der Waals surface area contributed by atoms with Crippen molar-refractivity contribution in [3.8, 4) is 5.75 Å². The monoisotopic (exact) mass is 386 g/mol. The number of aliphatic hydroxyl groups is 1. The van der Waals surface area contributed by atoms with Gasteiger partial charge in [0.1, 0.15) is 18.5 Å². The molecule has 0 bridgehead atoms. The van der Waals surface area contributed by atoms with Crippen molar-refractivity contribution in [1.82, 2.24) is 14.6 Å². The summed E-state index contributed by atoms with van der Waals surface area (Å²) in [5.74, 6) is 0.216. The first-order chi connectivity index (χ1) is 12.3. The van der Waals surface area contributed by atoms with Crippen LogP contribution in [0.25, 0.3) is 4.96 Å². The number of aliphatic hydroxyl groups excluding tert-OH is 1. The van der Waals surface area contributed by atoms with Crippen molar-refractivity contribution in [3.05, 3.63) is 52.4 Å². The van der Waals surface area contributed by atoms with Crippen LogP contribution in [0.15, 0.2) is 41.3 Å². The summed E-state index contributed by atoms with van der Waals surface area (Å²) in [7, 11) is 0. The Morgan fingerprint density at radius 2 is 2.00 bits per heavy atom. The molecule has 2 aromatic heterocycles. The summed E-state index contributed by atoms with van der Waals surface area (Å²) >= 11 is 1.14. The van der Waals surface area contributed by atoms with E-state index in [1.54, 1.807) is 0 Å². The van der Waals surface area contributed by atoms with Gasteiger partial charge in [0.05, 0.1) is 5.56 Å². The van der Waals surface area contributed by atoms with Crippen molar-refractivity contribution < 1.29 is 23.0 Å². The second-order valence-corrected chi connectivity index (χ2v) is 6.21. The number of hydrogen-bond donors (Lipinski definition) is 2. The molecule has 1 atom stereocenters. The van der Waals surface area contributed by atoms with Crippen LogP contribution >= 0.6 is 11.3 Å². The maximum Gasteiger partial charge on any atom is 0.416 e. The van der Waals surface area contributed by atoms with Gasteiger partial charge in [-0.15, -0.1) is 5.10 Å². The first-order valence-corrected chi connectivity index (χ1v) is 8.21. The van der Waals surface area contributed by atoms with Gasteiger partial charge in [0.25, 0.3) is 5.56 Å². The number of aromatic nitrogens is 3. The third-order valence-corrected chi connectivity index (χ3v) is 4.16. The van der Waals surface area contributed by atoms with E-state index in [4.69, 9.17) is 4.74 Å². The predicted molar refractivity (Wildman–Crippen MR) is 88.6 cm³/mol. The standard InChI is InChI=1S/C15H13F3N4O3S/c16-15(17,18)9-1-3-11(4-2-9)25-8-10(23)7-20-13-21-22-12(24)5-6-19-14(22)26-13/h1-6,10,23H,7-8H2,(H,20,21). The van der Waals surface area contributed by atoms with Gasteiger partial charge in [-0.3, -0.25) is 4.79 Å². The molecule has 2 N–H and O–H groups in total. The number of fused-ring (bicyclic) bond motifs is 1. The summed E-state index contributed by atoms with van der Waals surface area (Å²) in [6, 6.07) is 5.48. The van der Waals surface area contributed by atoms with E-state index < -0.39 is 17.8 Å². The zero-order valence-electron chi connectivity index (χ0n) is 13.1. The molecule has 3 aromatic rings. The van der Waals surface area contributed by atoms with Crippen LogP contribution in [-0.4, -0.2) is 39.0 Å². The van der Waals surface area contributed by atoms with Crippen molar-refractivity contribution >= 4 is 21.4 Å². The van der Waals surface area contributed by atoms with Gasteiger partial charge in [0, 0.05) is 18.8 Å². The van der Waals surface area contributed by atoms with Gasteiger partial charge >= 0.3 is 6.18 Å². The molecule has 0 aliphatic heterocycles. The molecule has 1 aromatic carbocycles. The highest BCUT2D eigenvalue weighted by Gasteiger charge is 2.30. The highest BCUT2D eigenvalue weighted by molar-refractivity contribution is 7.20. The van der Waals surface area contributed by atoms with E-state index in [1.165, 1.54) is 24.4 Å². The number of nitrogens with zero attached hydrogens (tertiary/aromatic N) is 3. The van der Waals surface area contributed by atoms with E-state index in [2.05, 4.69) is 15.4 Å². The number of halogens is 3. The SMILES string of the molecule is O=c1ccnc2sc(NCC(O)COc3ccc(C(F)(F)F)cc3)nn12. The molecule has 3 rings (SSSR count). The Balaban J connectivity index is 1.51. The Kier molecular flexibility index (Phi) is 5.09. The van der Waals surface area contributed by atoms with Crippen LogP contribution in [0.1, 0.15) is 5.56 Å². The Morgan fingerprint density at radius 3 is 2.65 bits per heavy atom. The molecular formula is C15H13F3N4O3S. The summed E-state index contributed by atoms with van der Waals surface area (Å²) in [6.07, 6.45) is -3.96. The Labute approximate surface area is 148 Å². The third-order valence-electron chi connectivity index (χ3n) is 3.28. The van der Waals surface area contributed by atoms with Gasteiger partial charge in [0.15, 0.2) is 0 Å². The van der Waals surface area contributed by atoms with Crippen LogP contribution in [0.5, 0.6) is 5.75 Å². The summed E-state index contributed by atoms with van der Waals surface area (Å²) in [5.41, 5.74) is -1.09. The minimum absolute atomic E-state index is 0.0786. The number of hydrogen-bond acceptors (Lipinski definition) is 7. The van der Waals surface area contributed by atoms with E-state index in [1.807, 2.05) is 0 Å². The molecule has 1 unspecified atom stereocenters. The van der Waals surface area contributed by atoms with Gasteiger partial charge in [-0.25, -0.2) is 4.98 Å². The fourth-order valence-electron chi connectivity index (χ4n) is 2.01. The number of benzene rings is 1. The highest BCUT2D eigenvalue weighted by atomic mass is 32.1. The number of alkyl halides is 3. The van der Waals surface area contributed by atoms with Crippen molar-refractivity contribution in [1.29, 1.82) is 0 Å². The molecule has 0 radical (unpaired) electrons. The number of rotatable bonds is 6. The third kappa shape index (κ3) is 4.29. The zero-order valence-corrected chi connectivity index (χ0v) is 13.9. The number of ether oxygens (including phenoxy) is 1. The van der Waals surface area contributed by atoms with E-state index in [-0.39, 0.29) is 24.5 Å². The summed E-state index contributed by atoms with van der Waals surface area (Å²) in [5, 5.41) is 17.2. The van der Waals surface area contributed by atoms with Gasteiger partial charge in [-0.05, 0) is 24.3 Å². The molecule has 0 saturated carbocycles. The lowest BCUT2D eigenvalue weighted by Gasteiger charge is -2.13. The second kappa shape index (κ2) is 7.30. The first kappa shape index (κ1) is 18.1. The van der Waals surface area contributed by atoms with Crippen LogP contribution in [0, 0.1) is 0 Å². The van der Waals surface area contributed by atoms with Crippen LogP contribution < -0.4 is 15.6 Å². The van der Waals surface area contributed by atoms with E-state index in [0.29, 0.717) is 10.1 Å². The molecule has 7 nitrogen and oxygen atoms in total. The van der Waals surface area contributed by atoms with Crippen molar-refractivity contribution in [2.45, 2.75) is 12.3 Å². The second-order valence-electron chi connectivity index (χ2n) is 5.25. The minimum atomic E-state index is -4.41. The predicted octanol–water partition coefficient (Wildman–Crippen LogP) is 2.02. The maximum absolute atomic E-state index is 12.5. The lowest BCUT2D eigenvalue weighted by molar-refractivity contribution is -0.137. The molecule has 2 heterocycles. The van der Waals surface area contributed by atoms with E-state index in [0.717, 1.165) is 28.0 Å². The zero-order chi connectivity index (χ0) is 18.7. The van der Waals surface area contributed by atoms with Gasteiger partial charge in [0.2, 0.25) is 10.1 Å². The average molecular weight is 386 g/mol. The van der Waals surface area contributed by atoms with Crippen LogP contribution in [0.3, 0.4) is 0 Å². The maximum atomic E-state index is 12.5. The quantitative estimate of drug-likeness (QED) is 0.674. The Hall–Kier alpha value is -2.66. The van der Waals surface area contributed by atoms with Gasteiger partial charge < -0.3 is 15.2 Å². The van der Waals surface area contributed by atoms with E-state index in [9.17, 15) is 23.1 Å². The molecule has 0 aliphatic rings. The van der Waals surface area contributed by atoms with Crippen molar-refractivity contribution in [2.75, 3.05) is 18.5 Å². The molecule has 0 saturated heterocycles. The molecule has 0 spiro atoms. The average Bonchev–Trinajstić information content (AvgIpc) is 3.02. The van der Waals surface area contributed by atoms with Crippen molar-refractivity contribution in [2.24, 2.45) is 0 Å².